The van der Waals surface area contributed by atoms with Gasteiger partial charge in [-0.3, -0.25) is 5.32 Å². The van der Waals surface area contributed by atoms with Crippen molar-refractivity contribution in [2.45, 2.75) is 25.3 Å². The van der Waals surface area contributed by atoms with Crippen LogP contribution < -0.4 is 5.32 Å². The molecule has 10 rings (SSSR count). The average Bonchev–Trinajstić information content (AvgIpc) is 3.61. The van der Waals surface area contributed by atoms with Crippen LogP contribution >= 0.6 is 0 Å². The molecule has 0 amide bonds. The smallest absolute Gasteiger partial charge is 0.232 e. The second kappa shape index (κ2) is 10.1. The molecule has 3 heteroatoms. The largest absolute Gasteiger partial charge is 0.309 e. The Labute approximate surface area is 279 Å². The highest BCUT2D eigenvalue weighted by Crippen LogP contribution is 2.56. The van der Waals surface area contributed by atoms with Gasteiger partial charge in [-0.25, -0.2) is 0 Å². The predicted molar refractivity (Wildman–Crippen MR) is 200 cm³/mol. The van der Waals surface area contributed by atoms with Gasteiger partial charge in [-0.2, -0.15) is 4.99 Å². The molecule has 6 aromatic carbocycles. The number of aromatic nitrogens is 1. The summed E-state index contributed by atoms with van der Waals surface area (Å²) < 4.78 is 2.50. The van der Waals surface area contributed by atoms with Gasteiger partial charge in [0.25, 0.3) is 0 Å². The topological polar surface area (TPSA) is 33.9 Å². The number of allylic oxidation sites excluding steroid dienone is 2. The van der Waals surface area contributed by atoms with Gasteiger partial charge in [-0.05, 0) is 58.0 Å². The first-order valence-corrected chi connectivity index (χ1v) is 16.9. The number of aliphatic imine (C=N–C) groups is 1. The molecule has 2 heterocycles. The molecule has 1 atom stereocenters. The molecule has 0 fully saturated rings. The molecule has 2 N–H and O–H groups in total. The molecule has 3 aliphatic rings. The van der Waals surface area contributed by atoms with Crippen molar-refractivity contribution in [3.05, 3.63) is 180 Å². The molecule has 1 unspecified atom stereocenters. The van der Waals surface area contributed by atoms with E-state index in [1.807, 2.05) is 0 Å². The lowest BCUT2D eigenvalue weighted by Gasteiger charge is -2.24. The number of hydrogen-bond donors (Lipinski definition) is 1. The molecule has 0 radical (unpaired) electrons. The first kappa shape index (κ1) is 27.4. The average molecular weight is 617 g/mol. The molecule has 0 saturated heterocycles. The Morgan fingerprint density at radius 2 is 1.42 bits per heavy atom. The predicted octanol–water partition coefficient (Wildman–Crippen LogP) is 9.47. The first-order valence-electron chi connectivity index (χ1n) is 16.9. The van der Waals surface area contributed by atoms with Crippen LogP contribution in [0, 0.1) is 0 Å². The number of para-hydroxylation sites is 1. The lowest BCUT2D eigenvalue weighted by Crippen LogP contribution is -2.94. The Morgan fingerprint density at radius 3 is 2.29 bits per heavy atom. The van der Waals surface area contributed by atoms with Crippen LogP contribution in [0.5, 0.6) is 0 Å². The van der Waals surface area contributed by atoms with E-state index >= 15 is 0 Å². The third-order valence-electron chi connectivity index (χ3n) is 10.7. The zero-order valence-electron chi connectivity index (χ0n) is 27.0. The fourth-order valence-corrected chi connectivity index (χ4v) is 8.61. The summed E-state index contributed by atoms with van der Waals surface area (Å²) in [5, 5.41) is 7.55. The first-order chi connectivity index (χ1) is 23.6. The number of hydrogen-bond acceptors (Lipinski definition) is 1. The zero-order chi connectivity index (χ0) is 32.0. The van der Waals surface area contributed by atoms with Crippen molar-refractivity contribution < 1.29 is 5.32 Å². The van der Waals surface area contributed by atoms with Crippen LogP contribution in [0.1, 0.15) is 36.1 Å². The number of fused-ring (bicyclic) bond motifs is 11. The van der Waals surface area contributed by atoms with Crippen LogP contribution in [0.3, 0.4) is 0 Å². The van der Waals surface area contributed by atoms with E-state index in [-0.39, 0.29) is 11.5 Å². The lowest BCUT2D eigenvalue weighted by atomic mass is 9.79. The summed E-state index contributed by atoms with van der Waals surface area (Å²) in [5.74, 6) is 1.01. The molecule has 0 spiro atoms. The summed E-state index contributed by atoms with van der Waals surface area (Å²) in [4.78, 5) is 5.34. The van der Waals surface area contributed by atoms with Crippen LogP contribution in [0.2, 0.25) is 0 Å². The minimum Gasteiger partial charge on any atom is -0.309 e. The molecule has 228 valence electrons. The highest BCUT2D eigenvalue weighted by Gasteiger charge is 2.39. The van der Waals surface area contributed by atoms with Gasteiger partial charge < -0.3 is 4.57 Å². The fourth-order valence-electron chi connectivity index (χ4n) is 8.61. The molecular weight excluding hydrogens is 583 g/mol. The van der Waals surface area contributed by atoms with Crippen molar-refractivity contribution in [1.82, 2.24) is 4.57 Å². The van der Waals surface area contributed by atoms with E-state index < -0.39 is 0 Å². The van der Waals surface area contributed by atoms with Crippen molar-refractivity contribution in [1.29, 1.82) is 0 Å². The number of nitrogens with zero attached hydrogens (tertiary/aromatic N) is 2. The van der Waals surface area contributed by atoms with Gasteiger partial charge in [-0.15, -0.1) is 0 Å². The molecule has 0 saturated carbocycles. The summed E-state index contributed by atoms with van der Waals surface area (Å²) in [6.07, 6.45) is 8.75. The fraction of sp³-hybridized carbons (Fsp3) is 0.0889. The van der Waals surface area contributed by atoms with Crippen molar-refractivity contribution in [3.63, 3.8) is 0 Å². The third kappa shape index (κ3) is 3.77. The van der Waals surface area contributed by atoms with E-state index in [4.69, 9.17) is 4.99 Å². The van der Waals surface area contributed by atoms with E-state index in [9.17, 15) is 0 Å². The molecule has 1 aromatic heterocycles. The second-order valence-corrected chi connectivity index (χ2v) is 13.7. The van der Waals surface area contributed by atoms with E-state index in [1.54, 1.807) is 0 Å². The van der Waals surface area contributed by atoms with Crippen LogP contribution in [-0.2, 0) is 5.41 Å². The number of benzene rings is 6. The summed E-state index contributed by atoms with van der Waals surface area (Å²) >= 11 is 0. The highest BCUT2D eigenvalue weighted by molar-refractivity contribution is 6.26. The summed E-state index contributed by atoms with van der Waals surface area (Å²) in [6, 6.07) is 46.7. The van der Waals surface area contributed by atoms with Crippen LogP contribution in [-0.4, -0.2) is 16.4 Å². The summed E-state index contributed by atoms with van der Waals surface area (Å²) in [6.45, 7) is 4.78. The number of rotatable bonds is 3. The molecule has 1 aliphatic heterocycles. The van der Waals surface area contributed by atoms with Crippen LogP contribution in [0.15, 0.2) is 162 Å². The maximum Gasteiger partial charge on any atom is 0.232 e. The van der Waals surface area contributed by atoms with E-state index in [0.717, 1.165) is 28.3 Å². The Balaban J connectivity index is 1.26. The van der Waals surface area contributed by atoms with Crippen molar-refractivity contribution in [2.75, 3.05) is 0 Å². The van der Waals surface area contributed by atoms with E-state index in [0.29, 0.717) is 0 Å². The van der Waals surface area contributed by atoms with Gasteiger partial charge in [0.15, 0.2) is 0 Å². The molecule has 48 heavy (non-hydrogen) atoms. The molecule has 2 aliphatic carbocycles. The van der Waals surface area contributed by atoms with Crippen LogP contribution in [0.4, 0.5) is 0 Å². The minimum atomic E-state index is -0.108. The SMILES string of the molecule is CC1(C)c2ccccc2-c2c1c1ccccc1c1c2c2ccccc2n1-c1cccc(C2=NC(c3ccccc3)=C3C=CC=CC3[NH2+]2)c1. The van der Waals surface area contributed by atoms with Gasteiger partial charge in [-0.1, -0.05) is 135 Å². The minimum absolute atomic E-state index is 0.108. The Hall–Kier alpha value is -5.77. The number of quaternary nitrogens is 1. The molecule has 3 nitrogen and oxygen atoms in total. The highest BCUT2D eigenvalue weighted by atomic mass is 15.1. The lowest BCUT2D eigenvalue weighted by molar-refractivity contribution is -0.558. The van der Waals surface area contributed by atoms with Crippen molar-refractivity contribution in [3.8, 4) is 16.8 Å². The van der Waals surface area contributed by atoms with Crippen LogP contribution in [0.25, 0.3) is 55.1 Å². The van der Waals surface area contributed by atoms with E-state index in [1.165, 1.54) is 60.4 Å². The van der Waals surface area contributed by atoms with Crippen molar-refractivity contribution >= 4 is 44.1 Å². The second-order valence-electron chi connectivity index (χ2n) is 13.7. The third-order valence-corrected chi connectivity index (χ3v) is 10.7. The van der Waals surface area contributed by atoms with Gasteiger partial charge in [0.2, 0.25) is 5.84 Å². The van der Waals surface area contributed by atoms with E-state index in [2.05, 4.69) is 175 Å². The molecular formula is C45H34N3+. The Morgan fingerprint density at radius 1 is 0.688 bits per heavy atom. The maximum absolute atomic E-state index is 5.34. The Kier molecular flexibility index (Phi) is 5.76. The Bertz CT molecular complexity index is 2610. The number of nitrogens with two attached hydrogens (primary N) is 1. The number of amidine groups is 1. The normalized spacial score (nSPS) is 17.5. The zero-order valence-corrected chi connectivity index (χ0v) is 27.0. The quantitative estimate of drug-likeness (QED) is 0.205. The summed E-state index contributed by atoms with van der Waals surface area (Å²) in [5.41, 5.74) is 13.6. The summed E-state index contributed by atoms with van der Waals surface area (Å²) in [7, 11) is 0. The van der Waals surface area contributed by atoms with Gasteiger partial charge >= 0.3 is 0 Å². The molecule has 7 aromatic rings. The van der Waals surface area contributed by atoms with Crippen molar-refractivity contribution in [2.24, 2.45) is 4.99 Å². The van der Waals surface area contributed by atoms with Gasteiger partial charge in [0, 0.05) is 38.4 Å². The van der Waals surface area contributed by atoms with Gasteiger partial charge in [0.1, 0.15) is 6.04 Å². The van der Waals surface area contributed by atoms with Gasteiger partial charge in [0.05, 0.1) is 22.3 Å². The molecule has 0 bridgehead atoms. The standard InChI is InChI=1S/C45H33N3/c1-45(2)36-24-11-8-21-33(36)39-40-35-23-10-13-26-38(35)48(43(40)32-20-7-6-19-31(32)41(39)45)30-18-14-17-29(27-30)44-46-37-25-12-9-22-34(37)42(47-44)28-15-4-3-5-16-28/h3-27,37H,1-2H3,(H,46,47)/p+1. The maximum atomic E-state index is 5.34. The monoisotopic (exact) mass is 616 g/mol.